The van der Waals surface area contributed by atoms with E-state index in [2.05, 4.69) is 20.1 Å². The molecule has 0 radical (unpaired) electrons. The van der Waals surface area contributed by atoms with Crippen molar-refractivity contribution in [2.24, 2.45) is 10.4 Å². The molecule has 3 rings (SSSR count). The highest BCUT2D eigenvalue weighted by molar-refractivity contribution is 14.0. The first-order valence-electron chi connectivity index (χ1n) is 8.48. The Bertz CT molecular complexity index is 535. The molecule has 1 spiro atoms. The van der Waals surface area contributed by atoms with Gasteiger partial charge in [0, 0.05) is 58.3 Å². The second kappa shape index (κ2) is 8.50. The van der Waals surface area contributed by atoms with Crippen molar-refractivity contribution in [3.63, 3.8) is 0 Å². The van der Waals surface area contributed by atoms with Gasteiger partial charge in [-0.3, -0.25) is 9.89 Å². The number of aliphatic imine (C=N–C) groups is 1. The van der Waals surface area contributed by atoms with Crippen LogP contribution in [0.3, 0.4) is 0 Å². The van der Waals surface area contributed by atoms with Crippen LogP contribution in [0.5, 0.6) is 0 Å². The molecule has 0 saturated carbocycles. The summed E-state index contributed by atoms with van der Waals surface area (Å²) in [6, 6.07) is 0. The van der Waals surface area contributed by atoms with Crippen LogP contribution in [0.2, 0.25) is 0 Å². The lowest BCUT2D eigenvalue weighted by Crippen LogP contribution is -2.47. The van der Waals surface area contributed by atoms with Crippen LogP contribution in [-0.2, 0) is 14.6 Å². The summed E-state index contributed by atoms with van der Waals surface area (Å²) < 4.78 is 28.5. The second-order valence-corrected chi connectivity index (χ2v) is 9.25. The van der Waals surface area contributed by atoms with Gasteiger partial charge < -0.3 is 15.0 Å². The molecule has 3 aliphatic heterocycles. The number of hydrogen-bond donors (Lipinski definition) is 1. The zero-order chi connectivity index (χ0) is 16.3. The highest BCUT2D eigenvalue weighted by atomic mass is 127. The van der Waals surface area contributed by atoms with Crippen LogP contribution in [0.25, 0.3) is 0 Å². The Morgan fingerprint density at radius 2 is 2.00 bits per heavy atom. The molecule has 0 aliphatic carbocycles. The molecule has 9 heteroatoms. The second-order valence-electron chi connectivity index (χ2n) is 6.94. The minimum absolute atomic E-state index is 0. The summed E-state index contributed by atoms with van der Waals surface area (Å²) in [5.74, 6) is 1.53. The van der Waals surface area contributed by atoms with Crippen LogP contribution in [0, 0.1) is 5.41 Å². The van der Waals surface area contributed by atoms with Crippen LogP contribution in [0.4, 0.5) is 0 Å². The van der Waals surface area contributed by atoms with E-state index >= 15 is 0 Å². The zero-order valence-electron chi connectivity index (χ0n) is 14.4. The van der Waals surface area contributed by atoms with E-state index in [1.807, 2.05) is 7.05 Å². The normalized spacial score (nSPS) is 30.5. The molecule has 3 aliphatic rings. The molecule has 1 atom stereocenters. The van der Waals surface area contributed by atoms with Crippen molar-refractivity contribution in [2.75, 3.05) is 71.0 Å². The molecular weight excluding hydrogens is 443 g/mol. The van der Waals surface area contributed by atoms with Gasteiger partial charge in [0.25, 0.3) is 0 Å². The Kier molecular flexibility index (Phi) is 7.15. The lowest BCUT2D eigenvalue weighted by Gasteiger charge is -2.28. The lowest BCUT2D eigenvalue weighted by molar-refractivity contribution is 0.156. The third kappa shape index (κ3) is 4.95. The predicted molar refractivity (Wildman–Crippen MR) is 106 cm³/mol. The van der Waals surface area contributed by atoms with Gasteiger partial charge in [0.05, 0.1) is 18.1 Å². The Hall–Kier alpha value is -0.130. The standard InChI is InChI=1S/C15H28N4O3S.HI/c1-16-14(19-5-2-15(12-19)3-9-22-13-15)17-4-6-18-7-10-23(20,21)11-8-18;/h2-13H2,1H3,(H,16,17);1H. The highest BCUT2D eigenvalue weighted by Crippen LogP contribution is 2.38. The number of ether oxygens (including phenoxy) is 1. The van der Waals surface area contributed by atoms with Crippen LogP contribution in [-0.4, -0.2) is 95.2 Å². The lowest BCUT2D eigenvalue weighted by atomic mass is 9.87. The number of sulfone groups is 1. The fourth-order valence-electron chi connectivity index (χ4n) is 3.72. The molecule has 1 N–H and O–H groups in total. The first-order chi connectivity index (χ1) is 11.0. The van der Waals surface area contributed by atoms with Crippen molar-refractivity contribution in [1.82, 2.24) is 15.1 Å². The van der Waals surface area contributed by atoms with Gasteiger partial charge in [0.1, 0.15) is 0 Å². The van der Waals surface area contributed by atoms with Gasteiger partial charge in [0.15, 0.2) is 15.8 Å². The fourth-order valence-corrected chi connectivity index (χ4v) is 5.00. The van der Waals surface area contributed by atoms with Gasteiger partial charge in [-0.25, -0.2) is 8.42 Å². The quantitative estimate of drug-likeness (QED) is 0.355. The third-order valence-electron chi connectivity index (χ3n) is 5.28. The van der Waals surface area contributed by atoms with E-state index in [0.717, 1.165) is 51.8 Å². The molecular formula is C15H29IN4O3S. The van der Waals surface area contributed by atoms with Crippen molar-refractivity contribution in [1.29, 1.82) is 0 Å². The van der Waals surface area contributed by atoms with Gasteiger partial charge in [-0.05, 0) is 12.8 Å². The van der Waals surface area contributed by atoms with Gasteiger partial charge in [0.2, 0.25) is 0 Å². The highest BCUT2D eigenvalue weighted by Gasteiger charge is 2.42. The summed E-state index contributed by atoms with van der Waals surface area (Å²) in [5.41, 5.74) is 0.332. The van der Waals surface area contributed by atoms with Gasteiger partial charge in [-0.2, -0.15) is 0 Å². The van der Waals surface area contributed by atoms with E-state index < -0.39 is 9.84 Å². The maximum atomic E-state index is 11.4. The van der Waals surface area contributed by atoms with Crippen LogP contribution in [0.1, 0.15) is 12.8 Å². The first-order valence-corrected chi connectivity index (χ1v) is 10.3. The number of nitrogens with one attached hydrogen (secondary N) is 1. The third-order valence-corrected chi connectivity index (χ3v) is 6.89. The molecule has 24 heavy (non-hydrogen) atoms. The smallest absolute Gasteiger partial charge is 0.193 e. The van der Waals surface area contributed by atoms with E-state index in [0.29, 0.717) is 18.5 Å². The molecule has 140 valence electrons. The Balaban J connectivity index is 0.00000208. The van der Waals surface area contributed by atoms with Gasteiger partial charge >= 0.3 is 0 Å². The largest absolute Gasteiger partial charge is 0.381 e. The summed E-state index contributed by atoms with van der Waals surface area (Å²) in [6.45, 7) is 6.77. The molecule has 3 fully saturated rings. The zero-order valence-corrected chi connectivity index (χ0v) is 17.5. The molecule has 0 amide bonds. The predicted octanol–water partition coefficient (Wildman–Crippen LogP) is 0.0226. The molecule has 3 saturated heterocycles. The number of likely N-dealkylation sites (tertiary alicyclic amines) is 1. The SMILES string of the molecule is CN=C(NCCN1CCS(=O)(=O)CC1)N1CCC2(CCOC2)C1.I. The monoisotopic (exact) mass is 472 g/mol. The molecule has 7 nitrogen and oxygen atoms in total. The number of nitrogens with zero attached hydrogens (tertiary/aromatic N) is 3. The number of guanidine groups is 1. The van der Waals surface area contributed by atoms with Crippen LogP contribution >= 0.6 is 24.0 Å². The molecule has 1 unspecified atom stereocenters. The minimum atomic E-state index is -2.79. The molecule has 0 aromatic rings. The maximum absolute atomic E-state index is 11.4. The summed E-state index contributed by atoms with van der Waals surface area (Å²) in [4.78, 5) is 8.94. The first kappa shape index (κ1) is 20.2. The summed E-state index contributed by atoms with van der Waals surface area (Å²) in [5, 5.41) is 3.43. The van der Waals surface area contributed by atoms with Crippen molar-refractivity contribution >= 4 is 39.8 Å². The minimum Gasteiger partial charge on any atom is -0.381 e. The molecule has 0 aromatic carbocycles. The average Bonchev–Trinajstić information content (AvgIpc) is 3.16. The number of halogens is 1. The molecule has 0 bridgehead atoms. The summed E-state index contributed by atoms with van der Waals surface area (Å²) in [6.07, 6.45) is 2.33. The summed E-state index contributed by atoms with van der Waals surface area (Å²) >= 11 is 0. The summed E-state index contributed by atoms with van der Waals surface area (Å²) in [7, 11) is -0.968. The van der Waals surface area contributed by atoms with Crippen molar-refractivity contribution in [3.05, 3.63) is 0 Å². The van der Waals surface area contributed by atoms with Crippen molar-refractivity contribution in [3.8, 4) is 0 Å². The topological polar surface area (TPSA) is 74.2 Å². The van der Waals surface area contributed by atoms with Crippen molar-refractivity contribution in [2.45, 2.75) is 12.8 Å². The number of rotatable bonds is 3. The van der Waals surface area contributed by atoms with Gasteiger partial charge in [-0.1, -0.05) is 0 Å². The average molecular weight is 472 g/mol. The Morgan fingerprint density at radius 1 is 1.25 bits per heavy atom. The number of hydrogen-bond acceptors (Lipinski definition) is 5. The fraction of sp³-hybridized carbons (Fsp3) is 0.933. The Morgan fingerprint density at radius 3 is 2.62 bits per heavy atom. The van der Waals surface area contributed by atoms with E-state index in [1.165, 1.54) is 6.42 Å². The maximum Gasteiger partial charge on any atom is 0.193 e. The Labute approximate surface area is 162 Å². The van der Waals surface area contributed by atoms with E-state index in [1.54, 1.807) is 0 Å². The van der Waals surface area contributed by atoms with E-state index in [9.17, 15) is 8.42 Å². The van der Waals surface area contributed by atoms with Crippen molar-refractivity contribution < 1.29 is 13.2 Å². The van der Waals surface area contributed by atoms with E-state index in [-0.39, 0.29) is 35.5 Å². The molecule has 0 aromatic heterocycles. The van der Waals surface area contributed by atoms with Gasteiger partial charge in [-0.15, -0.1) is 24.0 Å². The molecule has 3 heterocycles. The van der Waals surface area contributed by atoms with Crippen LogP contribution in [0.15, 0.2) is 4.99 Å². The van der Waals surface area contributed by atoms with E-state index in [4.69, 9.17) is 4.74 Å². The van der Waals surface area contributed by atoms with Crippen LogP contribution < -0.4 is 5.32 Å².